The molecule has 0 amide bonds. The van der Waals surface area contributed by atoms with Gasteiger partial charge in [0.2, 0.25) is 0 Å². The van der Waals surface area contributed by atoms with Crippen LogP contribution in [0.4, 0.5) is 0 Å². The van der Waals surface area contributed by atoms with Crippen molar-refractivity contribution in [1.82, 2.24) is 5.32 Å². The molecule has 0 aliphatic carbocycles. The maximum atomic E-state index is 5.20. The van der Waals surface area contributed by atoms with E-state index in [0.29, 0.717) is 6.04 Å². The number of benzene rings is 2. The number of hydrogen-bond donors (Lipinski definition) is 1. The van der Waals surface area contributed by atoms with Crippen LogP contribution in [0.3, 0.4) is 0 Å². The molecule has 2 nitrogen and oxygen atoms in total. The van der Waals surface area contributed by atoms with Crippen LogP contribution < -0.4 is 10.1 Å². The summed E-state index contributed by atoms with van der Waals surface area (Å²) in [4.78, 5) is 0. The van der Waals surface area contributed by atoms with Crippen molar-refractivity contribution in [3.8, 4) is 5.75 Å². The summed E-state index contributed by atoms with van der Waals surface area (Å²) < 4.78 is 6.33. The minimum atomic E-state index is 0.365. The topological polar surface area (TPSA) is 21.3 Å². The summed E-state index contributed by atoms with van der Waals surface area (Å²) in [5.74, 6) is 0.909. The number of nitrogens with one attached hydrogen (secondary N) is 1. The molecule has 2 aromatic rings. The van der Waals surface area contributed by atoms with Gasteiger partial charge in [-0.15, -0.1) is 0 Å². The zero-order chi connectivity index (χ0) is 15.2. The highest BCUT2D eigenvalue weighted by Gasteiger charge is 2.12. The van der Waals surface area contributed by atoms with Gasteiger partial charge in [0.1, 0.15) is 5.75 Å². The first-order valence-corrected chi connectivity index (χ1v) is 7.99. The number of hydrogen-bond acceptors (Lipinski definition) is 2. The lowest BCUT2D eigenvalue weighted by atomic mass is 9.96. The fraction of sp³-hybridized carbons (Fsp3) is 0.333. The van der Waals surface area contributed by atoms with Crippen molar-refractivity contribution >= 4 is 15.9 Å². The fourth-order valence-corrected chi connectivity index (χ4v) is 2.92. The zero-order valence-electron chi connectivity index (χ0n) is 12.8. The molecular formula is C18H22BrNO. The van der Waals surface area contributed by atoms with E-state index in [2.05, 4.69) is 58.5 Å². The largest absolute Gasteiger partial charge is 0.497 e. The average Bonchev–Trinajstić information content (AvgIpc) is 2.51. The molecular weight excluding hydrogens is 326 g/mol. The summed E-state index contributed by atoms with van der Waals surface area (Å²) in [6, 6.07) is 15.2. The second-order valence-electron chi connectivity index (χ2n) is 5.23. The Hall–Kier alpha value is -1.32. The monoisotopic (exact) mass is 347 g/mol. The molecule has 112 valence electrons. The molecule has 2 aromatic carbocycles. The van der Waals surface area contributed by atoms with Crippen molar-refractivity contribution in [2.75, 3.05) is 14.2 Å². The van der Waals surface area contributed by atoms with Crippen LogP contribution in [0.15, 0.2) is 46.9 Å². The zero-order valence-corrected chi connectivity index (χ0v) is 14.4. The molecule has 0 bridgehead atoms. The Morgan fingerprint density at radius 1 is 1.14 bits per heavy atom. The minimum Gasteiger partial charge on any atom is -0.497 e. The Balaban J connectivity index is 2.06. The highest BCUT2D eigenvalue weighted by Crippen LogP contribution is 2.26. The van der Waals surface area contributed by atoms with Gasteiger partial charge in [0.05, 0.1) is 7.11 Å². The van der Waals surface area contributed by atoms with Crippen LogP contribution in [-0.4, -0.2) is 14.2 Å². The molecule has 21 heavy (non-hydrogen) atoms. The molecule has 0 aliphatic heterocycles. The summed E-state index contributed by atoms with van der Waals surface area (Å²) in [5.41, 5.74) is 4.02. The minimum absolute atomic E-state index is 0.365. The summed E-state index contributed by atoms with van der Waals surface area (Å²) in [6.07, 6.45) is 2.11. The van der Waals surface area contributed by atoms with Crippen LogP contribution in [0.2, 0.25) is 0 Å². The predicted octanol–water partition coefficient (Wildman–Crippen LogP) is 4.66. The van der Waals surface area contributed by atoms with Gasteiger partial charge in [0.15, 0.2) is 0 Å². The molecule has 0 fully saturated rings. The third kappa shape index (κ3) is 4.32. The summed E-state index contributed by atoms with van der Waals surface area (Å²) >= 11 is 3.56. The van der Waals surface area contributed by atoms with Gasteiger partial charge in [0.25, 0.3) is 0 Å². The lowest BCUT2D eigenvalue weighted by Gasteiger charge is -2.19. The number of rotatable bonds is 6. The summed E-state index contributed by atoms with van der Waals surface area (Å²) in [6.45, 7) is 2.17. The van der Waals surface area contributed by atoms with Crippen molar-refractivity contribution in [3.05, 3.63) is 63.6 Å². The van der Waals surface area contributed by atoms with Crippen molar-refractivity contribution in [2.45, 2.75) is 25.8 Å². The lowest BCUT2D eigenvalue weighted by Crippen LogP contribution is -2.18. The number of ether oxygens (including phenoxy) is 1. The molecule has 1 N–H and O–H groups in total. The van der Waals surface area contributed by atoms with Crippen molar-refractivity contribution in [3.63, 3.8) is 0 Å². The highest BCUT2D eigenvalue weighted by atomic mass is 79.9. The van der Waals surface area contributed by atoms with E-state index < -0.39 is 0 Å². The van der Waals surface area contributed by atoms with E-state index in [1.807, 2.05) is 19.2 Å². The Kier molecular flexibility index (Phi) is 5.83. The highest BCUT2D eigenvalue weighted by molar-refractivity contribution is 9.10. The average molecular weight is 348 g/mol. The van der Waals surface area contributed by atoms with E-state index >= 15 is 0 Å². The number of halogens is 1. The standard InChI is InChI=1S/C18H22BrNO/c1-13-4-8-15(19)12-17(13)18(20-2)11-7-14-5-9-16(21-3)10-6-14/h4-6,8-10,12,18,20H,7,11H2,1-3H3. The Bertz CT molecular complexity index is 580. The Morgan fingerprint density at radius 3 is 2.48 bits per heavy atom. The van der Waals surface area contributed by atoms with Crippen LogP contribution >= 0.6 is 15.9 Å². The van der Waals surface area contributed by atoms with E-state index in [1.165, 1.54) is 16.7 Å². The molecule has 0 saturated carbocycles. The molecule has 0 spiro atoms. The molecule has 0 heterocycles. The second-order valence-corrected chi connectivity index (χ2v) is 6.14. The normalized spacial score (nSPS) is 12.2. The van der Waals surface area contributed by atoms with Gasteiger partial charge in [-0.3, -0.25) is 0 Å². The van der Waals surface area contributed by atoms with Crippen molar-refractivity contribution in [2.24, 2.45) is 0 Å². The van der Waals surface area contributed by atoms with Gasteiger partial charge in [-0.25, -0.2) is 0 Å². The molecule has 3 heteroatoms. The van der Waals surface area contributed by atoms with Crippen LogP contribution in [0.5, 0.6) is 5.75 Å². The van der Waals surface area contributed by atoms with Gasteiger partial charge in [0, 0.05) is 10.5 Å². The number of aryl methyl sites for hydroxylation is 2. The van der Waals surface area contributed by atoms with Gasteiger partial charge < -0.3 is 10.1 Å². The number of methoxy groups -OCH3 is 1. The smallest absolute Gasteiger partial charge is 0.118 e. The first kappa shape index (κ1) is 16.1. The second kappa shape index (κ2) is 7.62. The Labute approximate surface area is 135 Å². The summed E-state index contributed by atoms with van der Waals surface area (Å²) in [7, 11) is 3.72. The molecule has 2 rings (SSSR count). The van der Waals surface area contributed by atoms with E-state index in [-0.39, 0.29) is 0 Å². The molecule has 1 unspecified atom stereocenters. The molecule has 0 aromatic heterocycles. The van der Waals surface area contributed by atoms with Gasteiger partial charge in [-0.2, -0.15) is 0 Å². The van der Waals surface area contributed by atoms with E-state index in [1.54, 1.807) is 7.11 Å². The van der Waals surface area contributed by atoms with Crippen LogP contribution in [0.25, 0.3) is 0 Å². The maximum absolute atomic E-state index is 5.20. The van der Waals surface area contributed by atoms with E-state index in [0.717, 1.165) is 23.1 Å². The first-order valence-electron chi connectivity index (χ1n) is 7.20. The van der Waals surface area contributed by atoms with Crippen LogP contribution in [0, 0.1) is 6.92 Å². The first-order chi connectivity index (χ1) is 10.1. The third-order valence-electron chi connectivity index (χ3n) is 3.85. The Morgan fingerprint density at radius 2 is 1.86 bits per heavy atom. The quantitative estimate of drug-likeness (QED) is 0.820. The van der Waals surface area contributed by atoms with Crippen molar-refractivity contribution in [1.29, 1.82) is 0 Å². The molecule has 0 radical (unpaired) electrons. The SMILES string of the molecule is CNC(CCc1ccc(OC)cc1)c1cc(Br)ccc1C. The molecule has 1 atom stereocenters. The van der Waals surface area contributed by atoms with E-state index in [9.17, 15) is 0 Å². The molecule has 0 aliphatic rings. The van der Waals surface area contributed by atoms with Crippen LogP contribution in [0.1, 0.15) is 29.2 Å². The van der Waals surface area contributed by atoms with Gasteiger partial charge >= 0.3 is 0 Å². The summed E-state index contributed by atoms with van der Waals surface area (Å²) in [5, 5.41) is 3.43. The fourth-order valence-electron chi connectivity index (χ4n) is 2.55. The predicted molar refractivity (Wildman–Crippen MR) is 92.0 cm³/mol. The van der Waals surface area contributed by atoms with E-state index in [4.69, 9.17) is 4.74 Å². The van der Waals surface area contributed by atoms with Crippen LogP contribution in [-0.2, 0) is 6.42 Å². The van der Waals surface area contributed by atoms with Crippen molar-refractivity contribution < 1.29 is 4.74 Å². The van der Waals surface area contributed by atoms with Gasteiger partial charge in [-0.05, 0) is 67.8 Å². The van der Waals surface area contributed by atoms with Gasteiger partial charge in [-0.1, -0.05) is 34.1 Å². The molecule has 0 saturated heterocycles. The maximum Gasteiger partial charge on any atom is 0.118 e. The third-order valence-corrected chi connectivity index (χ3v) is 4.34. The lowest BCUT2D eigenvalue weighted by molar-refractivity contribution is 0.414.